The maximum Gasteiger partial charge on any atom is 0.137 e. The zero-order chi connectivity index (χ0) is 12.8. The van der Waals surface area contributed by atoms with Gasteiger partial charge in [0, 0.05) is 17.0 Å². The number of nitrogens with one attached hydrogen (secondary N) is 1. The van der Waals surface area contributed by atoms with E-state index in [-0.39, 0.29) is 0 Å². The van der Waals surface area contributed by atoms with Gasteiger partial charge >= 0.3 is 0 Å². The zero-order valence-electron chi connectivity index (χ0n) is 10.3. The minimum atomic E-state index is 0.701. The highest BCUT2D eigenvalue weighted by atomic mass is 35.5. The Morgan fingerprint density at radius 3 is 3.00 bits per heavy atom. The van der Waals surface area contributed by atoms with E-state index in [9.17, 15) is 0 Å². The molecule has 0 amide bonds. The molecular weight excluding hydrogens is 266 g/mol. The van der Waals surface area contributed by atoms with Crippen LogP contribution in [0.15, 0.2) is 24.5 Å². The van der Waals surface area contributed by atoms with Crippen LogP contribution in [-0.4, -0.2) is 28.5 Å². The number of unbranched alkanes of at least 4 members (excludes halogenated alkanes) is 1. The van der Waals surface area contributed by atoms with Crippen LogP contribution in [-0.2, 0) is 0 Å². The largest absolute Gasteiger partial charge is 0.369 e. The monoisotopic (exact) mass is 281 g/mol. The van der Waals surface area contributed by atoms with Crippen LogP contribution in [0.25, 0.3) is 10.9 Å². The van der Waals surface area contributed by atoms with Crippen molar-refractivity contribution in [2.75, 3.05) is 23.9 Å². The summed E-state index contributed by atoms with van der Waals surface area (Å²) in [7, 11) is 0. The van der Waals surface area contributed by atoms with Crippen molar-refractivity contribution >= 4 is 40.1 Å². The number of thioether (sulfide) groups is 1. The smallest absolute Gasteiger partial charge is 0.137 e. The van der Waals surface area contributed by atoms with Crippen LogP contribution >= 0.6 is 23.4 Å². The van der Waals surface area contributed by atoms with Crippen LogP contribution in [0.4, 0.5) is 5.82 Å². The van der Waals surface area contributed by atoms with Crippen LogP contribution in [0.5, 0.6) is 0 Å². The Morgan fingerprint density at radius 1 is 1.28 bits per heavy atom. The van der Waals surface area contributed by atoms with Crippen molar-refractivity contribution in [3.63, 3.8) is 0 Å². The van der Waals surface area contributed by atoms with Crippen molar-refractivity contribution < 1.29 is 0 Å². The van der Waals surface area contributed by atoms with Crippen molar-refractivity contribution in [2.24, 2.45) is 0 Å². The Balaban J connectivity index is 2.04. The minimum Gasteiger partial charge on any atom is -0.369 e. The van der Waals surface area contributed by atoms with E-state index in [0.717, 1.165) is 29.7 Å². The molecule has 0 saturated carbocycles. The zero-order valence-corrected chi connectivity index (χ0v) is 11.9. The Hall–Kier alpha value is -1.00. The maximum absolute atomic E-state index is 5.95. The lowest BCUT2D eigenvalue weighted by atomic mass is 10.2. The molecule has 0 bridgehead atoms. The van der Waals surface area contributed by atoms with Crippen LogP contribution in [0, 0.1) is 0 Å². The lowest BCUT2D eigenvalue weighted by Gasteiger charge is -2.08. The molecule has 18 heavy (non-hydrogen) atoms. The molecule has 1 N–H and O–H groups in total. The first-order chi connectivity index (χ1) is 8.81. The highest BCUT2D eigenvalue weighted by Crippen LogP contribution is 2.22. The first-order valence-electron chi connectivity index (χ1n) is 5.94. The van der Waals surface area contributed by atoms with Gasteiger partial charge in [-0.25, -0.2) is 9.97 Å². The summed E-state index contributed by atoms with van der Waals surface area (Å²) in [5.74, 6) is 2.10. The molecule has 0 atom stereocenters. The van der Waals surface area contributed by atoms with Crippen molar-refractivity contribution in [2.45, 2.75) is 12.8 Å². The molecule has 96 valence electrons. The van der Waals surface area contributed by atoms with Crippen LogP contribution in [0.2, 0.25) is 5.02 Å². The second-order valence-electron chi connectivity index (χ2n) is 4.01. The number of aromatic nitrogens is 2. The number of halogens is 1. The number of fused-ring (bicyclic) bond motifs is 1. The fourth-order valence-corrected chi connectivity index (χ4v) is 2.41. The third kappa shape index (κ3) is 3.50. The molecule has 2 rings (SSSR count). The average Bonchev–Trinajstić information content (AvgIpc) is 2.38. The Bertz CT molecular complexity index is 519. The van der Waals surface area contributed by atoms with Crippen LogP contribution in [0.1, 0.15) is 12.8 Å². The van der Waals surface area contributed by atoms with Gasteiger partial charge in [0.2, 0.25) is 0 Å². The highest BCUT2D eigenvalue weighted by molar-refractivity contribution is 7.98. The molecule has 1 aromatic heterocycles. The normalized spacial score (nSPS) is 10.8. The van der Waals surface area contributed by atoms with Crippen molar-refractivity contribution in [1.82, 2.24) is 9.97 Å². The van der Waals surface area contributed by atoms with Crippen LogP contribution < -0.4 is 5.32 Å². The fraction of sp³-hybridized carbons (Fsp3) is 0.385. The molecule has 0 spiro atoms. The Morgan fingerprint density at radius 2 is 2.17 bits per heavy atom. The van der Waals surface area contributed by atoms with Gasteiger partial charge in [-0.2, -0.15) is 11.8 Å². The summed E-state index contributed by atoms with van der Waals surface area (Å²) in [6.07, 6.45) is 6.08. The summed E-state index contributed by atoms with van der Waals surface area (Å²) in [6.45, 7) is 0.940. The molecule has 0 radical (unpaired) electrons. The number of rotatable bonds is 6. The third-order valence-electron chi connectivity index (χ3n) is 2.67. The molecule has 0 fully saturated rings. The van der Waals surface area contributed by atoms with Crippen molar-refractivity contribution in [1.29, 1.82) is 0 Å². The molecule has 0 saturated heterocycles. The summed E-state index contributed by atoms with van der Waals surface area (Å²) >= 11 is 7.83. The quantitative estimate of drug-likeness (QED) is 0.817. The number of anilines is 1. The van der Waals surface area contributed by atoms with Gasteiger partial charge in [-0.1, -0.05) is 11.6 Å². The van der Waals surface area contributed by atoms with Crippen LogP contribution in [0.3, 0.4) is 0 Å². The van der Waals surface area contributed by atoms with E-state index < -0.39 is 0 Å². The summed E-state index contributed by atoms with van der Waals surface area (Å²) in [5.41, 5.74) is 0.879. The molecule has 3 nitrogen and oxygen atoms in total. The van der Waals surface area contributed by atoms with Gasteiger partial charge in [-0.3, -0.25) is 0 Å². The highest BCUT2D eigenvalue weighted by Gasteiger charge is 2.03. The minimum absolute atomic E-state index is 0.701. The van der Waals surface area contributed by atoms with E-state index in [2.05, 4.69) is 21.5 Å². The summed E-state index contributed by atoms with van der Waals surface area (Å²) in [4.78, 5) is 8.51. The van der Waals surface area contributed by atoms with E-state index in [1.54, 1.807) is 6.33 Å². The van der Waals surface area contributed by atoms with E-state index in [4.69, 9.17) is 11.6 Å². The van der Waals surface area contributed by atoms with Gasteiger partial charge in [0.05, 0.1) is 5.52 Å². The first kappa shape index (κ1) is 13.4. The first-order valence-corrected chi connectivity index (χ1v) is 7.71. The topological polar surface area (TPSA) is 37.8 Å². The lowest BCUT2D eigenvalue weighted by Crippen LogP contribution is -2.04. The van der Waals surface area contributed by atoms with Crippen molar-refractivity contribution in [3.05, 3.63) is 29.5 Å². The van der Waals surface area contributed by atoms with Gasteiger partial charge in [0.15, 0.2) is 0 Å². The second kappa shape index (κ2) is 6.81. The SMILES string of the molecule is CSCCCCNc1ncnc2cc(Cl)ccc12. The van der Waals surface area contributed by atoms with Gasteiger partial charge in [-0.05, 0) is 43.0 Å². The summed E-state index contributed by atoms with van der Waals surface area (Å²) < 4.78 is 0. The van der Waals surface area contributed by atoms with E-state index in [1.165, 1.54) is 12.2 Å². The molecule has 0 aliphatic heterocycles. The van der Waals surface area contributed by atoms with E-state index in [0.29, 0.717) is 5.02 Å². The Kier molecular flexibility index (Phi) is 5.08. The molecular formula is C13H16ClN3S. The predicted molar refractivity (Wildman–Crippen MR) is 80.7 cm³/mol. The summed E-state index contributed by atoms with van der Waals surface area (Å²) in [5, 5.41) is 5.08. The van der Waals surface area contributed by atoms with Gasteiger partial charge < -0.3 is 5.32 Å². The predicted octanol–water partition coefficient (Wildman–Crippen LogP) is 3.84. The molecule has 5 heteroatoms. The van der Waals surface area contributed by atoms with Gasteiger partial charge in [-0.15, -0.1) is 0 Å². The average molecular weight is 282 g/mol. The summed E-state index contributed by atoms with van der Waals surface area (Å²) in [6, 6.07) is 5.69. The van der Waals surface area contributed by atoms with E-state index in [1.807, 2.05) is 30.0 Å². The van der Waals surface area contributed by atoms with E-state index >= 15 is 0 Å². The molecule has 0 unspecified atom stereocenters. The van der Waals surface area contributed by atoms with Gasteiger partial charge in [0.25, 0.3) is 0 Å². The maximum atomic E-state index is 5.95. The number of nitrogens with zero attached hydrogens (tertiary/aromatic N) is 2. The number of hydrogen-bond acceptors (Lipinski definition) is 4. The lowest BCUT2D eigenvalue weighted by molar-refractivity contribution is 0.840. The number of benzene rings is 1. The third-order valence-corrected chi connectivity index (χ3v) is 3.60. The van der Waals surface area contributed by atoms with Crippen molar-refractivity contribution in [3.8, 4) is 0 Å². The number of hydrogen-bond donors (Lipinski definition) is 1. The molecule has 1 aromatic carbocycles. The molecule has 2 aromatic rings. The Labute approximate surface area is 116 Å². The molecule has 0 aliphatic carbocycles. The molecule has 1 heterocycles. The molecule has 0 aliphatic rings. The fourth-order valence-electron chi connectivity index (χ4n) is 1.75. The van der Waals surface area contributed by atoms with Gasteiger partial charge in [0.1, 0.15) is 12.1 Å². The second-order valence-corrected chi connectivity index (χ2v) is 5.43. The standard InChI is InChI=1S/C13H16ClN3S/c1-18-7-3-2-6-15-13-11-5-4-10(14)8-12(11)16-9-17-13/h4-5,8-9H,2-3,6-7H2,1H3,(H,15,16,17).